The van der Waals surface area contributed by atoms with Crippen LogP contribution in [0.1, 0.15) is 44.3 Å². The van der Waals surface area contributed by atoms with E-state index in [0.29, 0.717) is 0 Å². The largest absolute Gasteiger partial charge is 0.389 e. The van der Waals surface area contributed by atoms with E-state index in [1.807, 2.05) is 37.3 Å². The lowest BCUT2D eigenvalue weighted by atomic mass is 10.1. The van der Waals surface area contributed by atoms with Crippen LogP contribution >= 0.6 is 0 Å². The molecule has 21 heavy (non-hydrogen) atoms. The quantitative estimate of drug-likeness (QED) is 0.811. The molecule has 0 aliphatic heterocycles. The topological polar surface area (TPSA) is 58.6 Å². The van der Waals surface area contributed by atoms with Gasteiger partial charge in [-0.1, -0.05) is 43.2 Å². The van der Waals surface area contributed by atoms with Crippen LogP contribution in [0.2, 0.25) is 0 Å². The molecule has 0 heterocycles. The highest BCUT2D eigenvalue weighted by atomic mass is 16.5. The second-order valence-corrected chi connectivity index (χ2v) is 5.77. The maximum Gasteiger partial charge on any atom is 0.223 e. The van der Waals surface area contributed by atoms with Crippen molar-refractivity contribution in [1.29, 1.82) is 0 Å². The van der Waals surface area contributed by atoms with Crippen LogP contribution in [-0.2, 0) is 9.53 Å². The summed E-state index contributed by atoms with van der Waals surface area (Å²) < 4.78 is 5.65. The van der Waals surface area contributed by atoms with Crippen LogP contribution in [0.15, 0.2) is 30.3 Å². The molecule has 4 nitrogen and oxygen atoms in total. The molecular weight excluding hydrogens is 266 g/mol. The standard InChI is InChI=1S/C17H25NO3/c1-13(14-7-3-2-4-8-14)21-12-16(19)11-18-17(20)15-9-5-6-10-15/h2-4,7-8,13,15-16,19H,5-6,9-12H2,1H3,(H,18,20)/t13-,16-/m1/s1. The molecule has 0 radical (unpaired) electrons. The third-order valence-electron chi connectivity index (χ3n) is 4.05. The Labute approximate surface area is 126 Å². The van der Waals surface area contributed by atoms with E-state index in [4.69, 9.17) is 4.74 Å². The summed E-state index contributed by atoms with van der Waals surface area (Å²) in [6.07, 6.45) is 3.50. The average Bonchev–Trinajstić information content (AvgIpc) is 3.05. The summed E-state index contributed by atoms with van der Waals surface area (Å²) in [7, 11) is 0. The molecule has 0 saturated heterocycles. The van der Waals surface area contributed by atoms with Gasteiger partial charge < -0.3 is 15.2 Å². The van der Waals surface area contributed by atoms with Crippen molar-refractivity contribution in [2.75, 3.05) is 13.2 Å². The molecule has 1 saturated carbocycles. The Bertz CT molecular complexity index is 429. The van der Waals surface area contributed by atoms with Crippen LogP contribution in [0, 0.1) is 5.92 Å². The van der Waals surface area contributed by atoms with Crippen LogP contribution < -0.4 is 5.32 Å². The Hall–Kier alpha value is -1.39. The van der Waals surface area contributed by atoms with Gasteiger partial charge in [0.25, 0.3) is 0 Å². The van der Waals surface area contributed by atoms with E-state index in [1.54, 1.807) is 0 Å². The molecule has 0 aromatic heterocycles. The molecule has 1 fully saturated rings. The number of hydrogen-bond acceptors (Lipinski definition) is 3. The summed E-state index contributed by atoms with van der Waals surface area (Å²) in [4.78, 5) is 11.8. The van der Waals surface area contributed by atoms with Crippen molar-refractivity contribution >= 4 is 5.91 Å². The third kappa shape index (κ3) is 5.14. The van der Waals surface area contributed by atoms with Gasteiger partial charge in [-0.15, -0.1) is 0 Å². The van der Waals surface area contributed by atoms with Crippen molar-refractivity contribution in [1.82, 2.24) is 5.32 Å². The molecule has 0 unspecified atom stereocenters. The lowest BCUT2D eigenvalue weighted by molar-refractivity contribution is -0.125. The minimum atomic E-state index is -0.665. The van der Waals surface area contributed by atoms with Gasteiger partial charge in [-0.2, -0.15) is 0 Å². The van der Waals surface area contributed by atoms with E-state index >= 15 is 0 Å². The highest BCUT2D eigenvalue weighted by Gasteiger charge is 2.22. The summed E-state index contributed by atoms with van der Waals surface area (Å²) in [6.45, 7) is 2.44. The van der Waals surface area contributed by atoms with Crippen molar-refractivity contribution in [2.24, 2.45) is 5.92 Å². The molecule has 1 aliphatic carbocycles. The summed E-state index contributed by atoms with van der Waals surface area (Å²) in [5.74, 6) is 0.212. The number of benzene rings is 1. The lowest BCUT2D eigenvalue weighted by Gasteiger charge is -2.18. The number of hydrogen-bond donors (Lipinski definition) is 2. The van der Waals surface area contributed by atoms with Crippen molar-refractivity contribution in [2.45, 2.75) is 44.8 Å². The first-order valence-electron chi connectivity index (χ1n) is 7.79. The van der Waals surface area contributed by atoms with Gasteiger partial charge in [-0.3, -0.25) is 4.79 Å². The zero-order valence-electron chi connectivity index (χ0n) is 12.6. The minimum absolute atomic E-state index is 0.0635. The first-order chi connectivity index (χ1) is 10.2. The molecule has 4 heteroatoms. The van der Waals surface area contributed by atoms with Crippen molar-refractivity contribution in [3.63, 3.8) is 0 Å². The number of ether oxygens (including phenoxy) is 1. The van der Waals surface area contributed by atoms with E-state index in [2.05, 4.69) is 5.32 Å². The monoisotopic (exact) mass is 291 g/mol. The van der Waals surface area contributed by atoms with Crippen LogP contribution in [0.5, 0.6) is 0 Å². The maximum atomic E-state index is 11.8. The van der Waals surface area contributed by atoms with Gasteiger partial charge in [0.05, 0.1) is 18.8 Å². The fraction of sp³-hybridized carbons (Fsp3) is 0.588. The fourth-order valence-electron chi connectivity index (χ4n) is 2.69. The van der Waals surface area contributed by atoms with Gasteiger partial charge in [0.1, 0.15) is 0 Å². The van der Waals surface area contributed by atoms with Gasteiger partial charge in [0, 0.05) is 12.5 Å². The van der Waals surface area contributed by atoms with Crippen LogP contribution in [-0.4, -0.2) is 30.3 Å². The number of aliphatic hydroxyl groups is 1. The molecule has 0 spiro atoms. The number of carbonyl (C=O) groups is 1. The molecule has 1 amide bonds. The zero-order chi connectivity index (χ0) is 15.1. The normalized spacial score (nSPS) is 18.4. The van der Waals surface area contributed by atoms with Gasteiger partial charge in [0.15, 0.2) is 0 Å². The Kier molecular flexibility index (Phi) is 6.21. The van der Waals surface area contributed by atoms with E-state index in [-0.39, 0.29) is 31.1 Å². The molecule has 1 aromatic carbocycles. The summed E-state index contributed by atoms with van der Waals surface area (Å²) in [5, 5.41) is 12.7. The van der Waals surface area contributed by atoms with E-state index in [9.17, 15) is 9.90 Å². The fourth-order valence-corrected chi connectivity index (χ4v) is 2.69. The summed E-state index contributed by atoms with van der Waals surface area (Å²) in [5.41, 5.74) is 1.08. The number of amides is 1. The SMILES string of the molecule is C[C@@H](OC[C@H](O)CNC(=O)C1CCCC1)c1ccccc1. The van der Waals surface area contributed by atoms with E-state index < -0.39 is 6.10 Å². The smallest absolute Gasteiger partial charge is 0.223 e. The number of nitrogens with one attached hydrogen (secondary N) is 1. The van der Waals surface area contributed by atoms with Gasteiger partial charge in [-0.05, 0) is 25.3 Å². The van der Waals surface area contributed by atoms with Crippen molar-refractivity contribution in [3.8, 4) is 0 Å². The van der Waals surface area contributed by atoms with E-state index in [1.165, 1.54) is 0 Å². The first-order valence-corrected chi connectivity index (χ1v) is 7.79. The van der Waals surface area contributed by atoms with Crippen molar-refractivity contribution in [3.05, 3.63) is 35.9 Å². The second-order valence-electron chi connectivity index (χ2n) is 5.77. The molecule has 116 valence electrons. The molecule has 2 atom stereocenters. The Morgan fingerprint density at radius 3 is 2.67 bits per heavy atom. The molecular formula is C17H25NO3. The third-order valence-corrected chi connectivity index (χ3v) is 4.05. The maximum absolute atomic E-state index is 11.8. The zero-order valence-corrected chi connectivity index (χ0v) is 12.6. The number of carbonyl (C=O) groups excluding carboxylic acids is 1. The average molecular weight is 291 g/mol. The Morgan fingerprint density at radius 2 is 2.00 bits per heavy atom. The number of rotatable bonds is 7. The molecule has 1 aromatic rings. The van der Waals surface area contributed by atoms with Gasteiger partial charge in [0.2, 0.25) is 5.91 Å². The molecule has 2 rings (SSSR count). The van der Waals surface area contributed by atoms with E-state index in [0.717, 1.165) is 31.2 Å². The highest BCUT2D eigenvalue weighted by molar-refractivity contribution is 5.78. The number of aliphatic hydroxyl groups excluding tert-OH is 1. The molecule has 2 N–H and O–H groups in total. The lowest BCUT2D eigenvalue weighted by Crippen LogP contribution is -2.37. The van der Waals surface area contributed by atoms with Crippen LogP contribution in [0.3, 0.4) is 0 Å². The summed E-state index contributed by atoms with van der Waals surface area (Å²) >= 11 is 0. The molecule has 0 bridgehead atoms. The van der Waals surface area contributed by atoms with Gasteiger partial charge in [-0.25, -0.2) is 0 Å². The van der Waals surface area contributed by atoms with Crippen LogP contribution in [0.25, 0.3) is 0 Å². The summed E-state index contributed by atoms with van der Waals surface area (Å²) in [6, 6.07) is 9.89. The minimum Gasteiger partial charge on any atom is -0.389 e. The highest BCUT2D eigenvalue weighted by Crippen LogP contribution is 2.24. The first kappa shape index (κ1) is 16.0. The van der Waals surface area contributed by atoms with Crippen LogP contribution in [0.4, 0.5) is 0 Å². The molecule has 1 aliphatic rings. The van der Waals surface area contributed by atoms with Crippen molar-refractivity contribution < 1.29 is 14.6 Å². The Balaban J connectivity index is 1.65. The predicted octanol–water partition coefficient (Wildman–Crippen LogP) is 2.43. The Morgan fingerprint density at radius 1 is 1.33 bits per heavy atom. The second kappa shape index (κ2) is 8.15. The van der Waals surface area contributed by atoms with Gasteiger partial charge >= 0.3 is 0 Å². The predicted molar refractivity (Wildman–Crippen MR) is 81.8 cm³/mol.